The fourth-order valence-corrected chi connectivity index (χ4v) is 2.78. The molecule has 2 heteroatoms. The van der Waals surface area contributed by atoms with Crippen LogP contribution in [0.5, 0.6) is 0 Å². The molecule has 21 heavy (non-hydrogen) atoms. The van der Waals surface area contributed by atoms with Gasteiger partial charge in [0.25, 0.3) is 0 Å². The van der Waals surface area contributed by atoms with Gasteiger partial charge in [0, 0.05) is 5.56 Å². The Morgan fingerprint density at radius 3 is 2.57 bits per heavy atom. The Morgan fingerprint density at radius 2 is 1.76 bits per heavy atom. The van der Waals surface area contributed by atoms with E-state index in [1.165, 1.54) is 27.5 Å². The van der Waals surface area contributed by atoms with Crippen molar-refractivity contribution in [2.45, 2.75) is 26.8 Å². The number of hydrogen-bond donors (Lipinski definition) is 1. The zero-order chi connectivity index (χ0) is 14.7. The largest absolute Gasteiger partial charge is 0.467 e. The molecule has 0 saturated carbocycles. The zero-order valence-electron chi connectivity index (χ0n) is 12.6. The number of benzene rings is 2. The Hall–Kier alpha value is -2.06. The minimum atomic E-state index is 0.776. The van der Waals surface area contributed by atoms with E-state index in [1.807, 2.05) is 0 Å². The lowest BCUT2D eigenvalue weighted by Gasteiger charge is -2.10. The van der Waals surface area contributed by atoms with Crippen molar-refractivity contribution in [3.05, 3.63) is 60.1 Å². The molecule has 0 atom stereocenters. The van der Waals surface area contributed by atoms with Gasteiger partial charge in [-0.1, -0.05) is 43.3 Å². The van der Waals surface area contributed by atoms with E-state index in [2.05, 4.69) is 61.6 Å². The SMILES string of the molecule is CCCNCc1occc1-c1ccc(C)c2ccccc12. The van der Waals surface area contributed by atoms with Crippen LogP contribution in [0.15, 0.2) is 53.1 Å². The molecule has 1 heterocycles. The summed E-state index contributed by atoms with van der Waals surface area (Å²) in [6.07, 6.45) is 2.91. The van der Waals surface area contributed by atoms with Crippen LogP contribution < -0.4 is 5.32 Å². The highest BCUT2D eigenvalue weighted by Crippen LogP contribution is 2.33. The lowest BCUT2D eigenvalue weighted by Crippen LogP contribution is -2.13. The van der Waals surface area contributed by atoms with Gasteiger partial charge in [-0.15, -0.1) is 0 Å². The van der Waals surface area contributed by atoms with Crippen LogP contribution in [0.3, 0.4) is 0 Å². The van der Waals surface area contributed by atoms with Crippen LogP contribution in [0.2, 0.25) is 0 Å². The molecule has 0 spiro atoms. The second-order valence-electron chi connectivity index (χ2n) is 5.41. The van der Waals surface area contributed by atoms with E-state index in [0.29, 0.717) is 0 Å². The van der Waals surface area contributed by atoms with Gasteiger partial charge in [0.15, 0.2) is 0 Å². The van der Waals surface area contributed by atoms with Gasteiger partial charge in [-0.3, -0.25) is 0 Å². The van der Waals surface area contributed by atoms with Crippen LogP contribution in [0.4, 0.5) is 0 Å². The van der Waals surface area contributed by atoms with Crippen molar-refractivity contribution in [1.29, 1.82) is 0 Å². The summed E-state index contributed by atoms with van der Waals surface area (Å²) >= 11 is 0. The number of hydrogen-bond acceptors (Lipinski definition) is 2. The lowest BCUT2D eigenvalue weighted by molar-refractivity contribution is 0.484. The molecule has 2 nitrogen and oxygen atoms in total. The number of aryl methyl sites for hydroxylation is 1. The second kappa shape index (κ2) is 6.15. The van der Waals surface area contributed by atoms with Crippen molar-refractivity contribution in [3.63, 3.8) is 0 Å². The molecule has 0 radical (unpaired) electrons. The van der Waals surface area contributed by atoms with E-state index in [4.69, 9.17) is 4.42 Å². The molecular formula is C19H21NO. The fourth-order valence-electron chi connectivity index (χ4n) is 2.78. The molecular weight excluding hydrogens is 258 g/mol. The predicted molar refractivity (Wildman–Crippen MR) is 88.4 cm³/mol. The van der Waals surface area contributed by atoms with Crippen molar-refractivity contribution in [2.24, 2.45) is 0 Å². The van der Waals surface area contributed by atoms with E-state index >= 15 is 0 Å². The van der Waals surface area contributed by atoms with Crippen LogP contribution in [0, 0.1) is 6.92 Å². The van der Waals surface area contributed by atoms with Gasteiger partial charge in [-0.2, -0.15) is 0 Å². The van der Waals surface area contributed by atoms with Gasteiger partial charge < -0.3 is 9.73 Å². The first-order valence-electron chi connectivity index (χ1n) is 7.57. The molecule has 2 aromatic carbocycles. The van der Waals surface area contributed by atoms with Gasteiger partial charge in [0.05, 0.1) is 12.8 Å². The van der Waals surface area contributed by atoms with Crippen LogP contribution in [-0.4, -0.2) is 6.54 Å². The quantitative estimate of drug-likeness (QED) is 0.671. The first-order chi connectivity index (χ1) is 10.3. The van der Waals surface area contributed by atoms with Crippen molar-refractivity contribution >= 4 is 10.8 Å². The molecule has 1 aromatic heterocycles. The van der Waals surface area contributed by atoms with Crippen LogP contribution in [0.1, 0.15) is 24.7 Å². The monoisotopic (exact) mass is 279 g/mol. The summed E-state index contributed by atoms with van der Waals surface area (Å²) < 4.78 is 5.68. The Balaban J connectivity index is 2.05. The third-order valence-corrected chi connectivity index (χ3v) is 3.89. The highest BCUT2D eigenvalue weighted by Gasteiger charge is 2.12. The maximum Gasteiger partial charge on any atom is 0.125 e. The number of fused-ring (bicyclic) bond motifs is 1. The van der Waals surface area contributed by atoms with Crippen LogP contribution in [-0.2, 0) is 6.54 Å². The molecule has 3 aromatic rings. The average Bonchev–Trinajstić information content (AvgIpc) is 2.97. The summed E-state index contributed by atoms with van der Waals surface area (Å²) in [5.74, 6) is 1.01. The highest BCUT2D eigenvalue weighted by atomic mass is 16.3. The molecule has 0 saturated heterocycles. The van der Waals surface area contributed by atoms with Gasteiger partial charge in [0.1, 0.15) is 5.76 Å². The summed E-state index contributed by atoms with van der Waals surface area (Å²) in [6, 6.07) is 15.0. The maximum atomic E-state index is 5.68. The summed E-state index contributed by atoms with van der Waals surface area (Å²) in [4.78, 5) is 0. The van der Waals surface area contributed by atoms with E-state index in [1.54, 1.807) is 6.26 Å². The van der Waals surface area contributed by atoms with E-state index < -0.39 is 0 Å². The van der Waals surface area contributed by atoms with Gasteiger partial charge in [0.2, 0.25) is 0 Å². The summed E-state index contributed by atoms with van der Waals surface area (Å²) in [7, 11) is 0. The lowest BCUT2D eigenvalue weighted by atomic mass is 9.96. The minimum absolute atomic E-state index is 0.776. The Bertz CT molecular complexity index is 742. The van der Waals surface area contributed by atoms with Crippen molar-refractivity contribution in [1.82, 2.24) is 5.32 Å². The summed E-state index contributed by atoms with van der Waals surface area (Å²) in [6.45, 7) is 6.11. The number of nitrogens with one attached hydrogen (secondary N) is 1. The van der Waals surface area contributed by atoms with Crippen molar-refractivity contribution in [3.8, 4) is 11.1 Å². The second-order valence-corrected chi connectivity index (χ2v) is 5.41. The van der Waals surface area contributed by atoms with Gasteiger partial charge in [-0.05, 0) is 47.9 Å². The number of rotatable bonds is 5. The van der Waals surface area contributed by atoms with Gasteiger partial charge >= 0.3 is 0 Å². The Labute approximate surface area is 125 Å². The van der Waals surface area contributed by atoms with Crippen LogP contribution in [0.25, 0.3) is 21.9 Å². The molecule has 0 amide bonds. The number of furan rings is 1. The smallest absolute Gasteiger partial charge is 0.125 e. The normalized spacial score (nSPS) is 11.1. The Morgan fingerprint density at radius 1 is 0.952 bits per heavy atom. The minimum Gasteiger partial charge on any atom is -0.467 e. The summed E-state index contributed by atoms with van der Waals surface area (Å²) in [5.41, 5.74) is 3.75. The molecule has 0 unspecified atom stereocenters. The molecule has 1 N–H and O–H groups in total. The molecule has 0 fully saturated rings. The molecule has 3 rings (SSSR count). The molecule has 0 aliphatic rings. The average molecular weight is 279 g/mol. The van der Waals surface area contributed by atoms with Crippen molar-refractivity contribution < 1.29 is 4.42 Å². The van der Waals surface area contributed by atoms with Crippen LogP contribution >= 0.6 is 0 Å². The van der Waals surface area contributed by atoms with Crippen molar-refractivity contribution in [2.75, 3.05) is 6.54 Å². The third-order valence-electron chi connectivity index (χ3n) is 3.89. The third kappa shape index (κ3) is 2.72. The maximum absolute atomic E-state index is 5.68. The van der Waals surface area contributed by atoms with E-state index in [0.717, 1.165) is 25.3 Å². The Kier molecular flexibility index (Phi) is 4.07. The molecule has 0 bridgehead atoms. The predicted octanol–water partition coefficient (Wildman–Crippen LogP) is 4.91. The first-order valence-corrected chi connectivity index (χ1v) is 7.57. The van der Waals surface area contributed by atoms with Gasteiger partial charge in [-0.25, -0.2) is 0 Å². The topological polar surface area (TPSA) is 25.2 Å². The van der Waals surface area contributed by atoms with E-state index in [9.17, 15) is 0 Å². The summed E-state index contributed by atoms with van der Waals surface area (Å²) in [5, 5.41) is 6.01. The van der Waals surface area contributed by atoms with E-state index in [-0.39, 0.29) is 0 Å². The molecule has 108 valence electrons. The first kappa shape index (κ1) is 13.9. The molecule has 0 aliphatic carbocycles. The zero-order valence-corrected chi connectivity index (χ0v) is 12.6. The highest BCUT2D eigenvalue weighted by molar-refractivity contribution is 5.98. The molecule has 0 aliphatic heterocycles. The standard InChI is InChI=1S/C19H21NO/c1-3-11-20-13-19-18(10-12-21-19)17-9-8-14(2)15-6-4-5-7-16(15)17/h4-10,12,20H,3,11,13H2,1-2H3. The fraction of sp³-hybridized carbons (Fsp3) is 0.263.